The molecular weight excluding hydrogens is 248 g/mol. The van der Waals surface area contributed by atoms with Crippen LogP contribution < -0.4 is 5.73 Å². The summed E-state index contributed by atoms with van der Waals surface area (Å²) < 4.78 is 5.22. The fourth-order valence-electron chi connectivity index (χ4n) is 1.41. The van der Waals surface area contributed by atoms with Gasteiger partial charge in [-0.15, -0.1) is 11.3 Å². The monoisotopic (exact) mass is 268 g/mol. The van der Waals surface area contributed by atoms with Crippen molar-refractivity contribution in [3.05, 3.63) is 21.9 Å². The lowest BCUT2D eigenvalue weighted by atomic mass is 10.3. The average Bonchev–Trinajstić information content (AvgIpc) is 2.80. The van der Waals surface area contributed by atoms with Crippen LogP contribution in [0.2, 0.25) is 0 Å². The van der Waals surface area contributed by atoms with Crippen LogP contribution in [-0.2, 0) is 11.3 Å². The van der Waals surface area contributed by atoms with E-state index < -0.39 is 0 Å². The number of rotatable bonds is 7. The van der Waals surface area contributed by atoms with Crippen molar-refractivity contribution in [3.8, 4) is 11.8 Å². The summed E-state index contributed by atoms with van der Waals surface area (Å²) in [6, 6.07) is 2.10. The minimum atomic E-state index is 0.0812. The van der Waals surface area contributed by atoms with Crippen molar-refractivity contribution in [2.45, 2.75) is 6.54 Å². The highest BCUT2D eigenvalue weighted by Gasteiger charge is 2.03. The number of aliphatic hydroxyl groups excluding tert-OH is 1. The molecule has 0 amide bonds. The SMILES string of the molecule is CN(CCOCCO)Cc1cc(C#CCN)cs1. The predicted octanol–water partition coefficient (Wildman–Crippen LogP) is 0.499. The first-order valence-electron chi connectivity index (χ1n) is 5.89. The number of likely N-dealkylation sites (N-methyl/N-ethyl adjacent to an activating group) is 1. The zero-order chi connectivity index (χ0) is 13.2. The van der Waals surface area contributed by atoms with Crippen molar-refractivity contribution in [3.63, 3.8) is 0 Å². The van der Waals surface area contributed by atoms with Gasteiger partial charge in [-0.1, -0.05) is 11.8 Å². The summed E-state index contributed by atoms with van der Waals surface area (Å²) in [5.74, 6) is 5.87. The summed E-state index contributed by atoms with van der Waals surface area (Å²) in [7, 11) is 2.05. The van der Waals surface area contributed by atoms with Crippen LogP contribution in [-0.4, -0.2) is 50.0 Å². The van der Waals surface area contributed by atoms with E-state index >= 15 is 0 Å². The number of nitrogens with two attached hydrogens (primary N) is 1. The second-order valence-corrected chi connectivity index (χ2v) is 4.88. The molecule has 0 bridgehead atoms. The number of ether oxygens (including phenoxy) is 1. The predicted molar refractivity (Wildman–Crippen MR) is 74.5 cm³/mol. The standard InChI is InChI=1S/C13H20N2O2S/c1-15(5-7-17-8-6-16)10-13-9-12(11-18-13)3-2-4-14/h9,11,16H,4-8,10,14H2,1H3. The van der Waals surface area contributed by atoms with Gasteiger partial charge in [-0.2, -0.15) is 0 Å². The molecule has 0 aliphatic heterocycles. The van der Waals surface area contributed by atoms with Gasteiger partial charge < -0.3 is 15.6 Å². The molecule has 0 radical (unpaired) electrons. The lowest BCUT2D eigenvalue weighted by molar-refractivity contribution is 0.0774. The Morgan fingerprint density at radius 1 is 1.50 bits per heavy atom. The third-order valence-electron chi connectivity index (χ3n) is 2.27. The van der Waals surface area contributed by atoms with E-state index in [2.05, 4.69) is 22.8 Å². The van der Waals surface area contributed by atoms with Crippen LogP contribution in [0.3, 0.4) is 0 Å². The van der Waals surface area contributed by atoms with E-state index in [-0.39, 0.29) is 6.61 Å². The van der Waals surface area contributed by atoms with Crippen molar-refractivity contribution < 1.29 is 9.84 Å². The molecule has 4 nitrogen and oxygen atoms in total. The summed E-state index contributed by atoms with van der Waals surface area (Å²) >= 11 is 1.71. The molecule has 1 rings (SSSR count). The van der Waals surface area contributed by atoms with Crippen LogP contribution in [0.4, 0.5) is 0 Å². The van der Waals surface area contributed by atoms with Gasteiger partial charge in [0.2, 0.25) is 0 Å². The summed E-state index contributed by atoms with van der Waals surface area (Å²) in [5, 5.41) is 10.6. The Labute approximate surface area is 112 Å². The maximum atomic E-state index is 8.58. The van der Waals surface area contributed by atoms with E-state index in [9.17, 15) is 0 Å². The smallest absolute Gasteiger partial charge is 0.0698 e. The minimum absolute atomic E-state index is 0.0812. The van der Waals surface area contributed by atoms with Crippen molar-refractivity contribution in [2.24, 2.45) is 5.73 Å². The Morgan fingerprint density at radius 2 is 2.33 bits per heavy atom. The molecule has 0 saturated heterocycles. The maximum absolute atomic E-state index is 8.58. The van der Waals surface area contributed by atoms with Gasteiger partial charge in [-0.3, -0.25) is 4.90 Å². The van der Waals surface area contributed by atoms with E-state index in [1.807, 2.05) is 12.4 Å². The lowest BCUT2D eigenvalue weighted by Gasteiger charge is -2.15. The van der Waals surface area contributed by atoms with E-state index in [1.165, 1.54) is 4.88 Å². The van der Waals surface area contributed by atoms with E-state index in [1.54, 1.807) is 11.3 Å². The van der Waals surface area contributed by atoms with Crippen molar-refractivity contribution >= 4 is 11.3 Å². The van der Waals surface area contributed by atoms with Gasteiger partial charge in [0.15, 0.2) is 0 Å². The molecule has 1 heterocycles. The van der Waals surface area contributed by atoms with Gasteiger partial charge in [-0.05, 0) is 13.1 Å². The first-order chi connectivity index (χ1) is 8.76. The van der Waals surface area contributed by atoms with E-state index in [4.69, 9.17) is 15.6 Å². The first kappa shape index (κ1) is 15.2. The molecule has 100 valence electrons. The minimum Gasteiger partial charge on any atom is -0.394 e. The van der Waals surface area contributed by atoms with Crippen molar-refractivity contribution in [1.82, 2.24) is 4.90 Å². The molecule has 1 aromatic heterocycles. The molecule has 1 aromatic rings. The van der Waals surface area contributed by atoms with Gasteiger partial charge in [0.1, 0.15) is 0 Å². The van der Waals surface area contributed by atoms with Gasteiger partial charge in [0, 0.05) is 28.9 Å². The van der Waals surface area contributed by atoms with Crippen LogP contribution in [0.1, 0.15) is 10.4 Å². The molecule has 0 fully saturated rings. The molecular formula is C13H20N2O2S. The third kappa shape index (κ3) is 6.15. The molecule has 0 atom stereocenters. The molecule has 0 saturated carbocycles. The highest BCUT2D eigenvalue weighted by atomic mass is 32.1. The summed E-state index contributed by atoms with van der Waals surface area (Å²) in [6.07, 6.45) is 0. The van der Waals surface area contributed by atoms with E-state index in [0.717, 1.165) is 18.7 Å². The molecule has 18 heavy (non-hydrogen) atoms. The largest absolute Gasteiger partial charge is 0.394 e. The van der Waals surface area contributed by atoms with Crippen LogP contribution >= 0.6 is 11.3 Å². The number of aliphatic hydroxyl groups is 1. The highest BCUT2D eigenvalue weighted by Crippen LogP contribution is 2.15. The fraction of sp³-hybridized carbons (Fsp3) is 0.538. The number of nitrogens with zero attached hydrogens (tertiary/aromatic N) is 1. The van der Waals surface area contributed by atoms with Gasteiger partial charge in [0.25, 0.3) is 0 Å². The normalized spacial score (nSPS) is 10.4. The first-order valence-corrected chi connectivity index (χ1v) is 6.77. The lowest BCUT2D eigenvalue weighted by Crippen LogP contribution is -2.22. The Kier molecular flexibility index (Phi) is 7.65. The van der Waals surface area contributed by atoms with Gasteiger partial charge >= 0.3 is 0 Å². The number of thiophene rings is 1. The number of hydrogen-bond acceptors (Lipinski definition) is 5. The Hall–Kier alpha value is -0.900. The summed E-state index contributed by atoms with van der Waals surface area (Å²) in [5.41, 5.74) is 6.37. The van der Waals surface area contributed by atoms with E-state index in [0.29, 0.717) is 19.8 Å². The van der Waals surface area contributed by atoms with Gasteiger partial charge in [0.05, 0.1) is 26.4 Å². The second-order valence-electron chi connectivity index (χ2n) is 3.88. The van der Waals surface area contributed by atoms with Gasteiger partial charge in [-0.25, -0.2) is 0 Å². The van der Waals surface area contributed by atoms with Crippen LogP contribution in [0.25, 0.3) is 0 Å². The molecule has 0 unspecified atom stereocenters. The fourth-order valence-corrected chi connectivity index (χ4v) is 2.31. The van der Waals surface area contributed by atoms with Crippen LogP contribution in [0.15, 0.2) is 11.4 Å². The third-order valence-corrected chi connectivity index (χ3v) is 3.19. The molecule has 0 spiro atoms. The molecule has 0 aliphatic rings. The maximum Gasteiger partial charge on any atom is 0.0698 e. The second kappa shape index (κ2) is 9.09. The molecule has 5 heteroatoms. The highest BCUT2D eigenvalue weighted by molar-refractivity contribution is 7.10. The Bertz CT molecular complexity index is 395. The van der Waals surface area contributed by atoms with Crippen LogP contribution in [0.5, 0.6) is 0 Å². The van der Waals surface area contributed by atoms with Crippen molar-refractivity contribution in [2.75, 3.05) is 40.0 Å². The summed E-state index contributed by atoms with van der Waals surface area (Å²) in [6.45, 7) is 3.26. The zero-order valence-electron chi connectivity index (χ0n) is 10.7. The van der Waals surface area contributed by atoms with Crippen molar-refractivity contribution in [1.29, 1.82) is 0 Å². The average molecular weight is 268 g/mol. The molecule has 3 N–H and O–H groups in total. The summed E-state index contributed by atoms with van der Waals surface area (Å²) in [4.78, 5) is 3.46. The number of hydrogen-bond donors (Lipinski definition) is 2. The topological polar surface area (TPSA) is 58.7 Å². The van der Waals surface area contributed by atoms with Crippen LogP contribution in [0, 0.1) is 11.8 Å². The molecule has 0 aliphatic carbocycles. The Morgan fingerprint density at radius 3 is 3.06 bits per heavy atom. The quantitative estimate of drug-likeness (QED) is 0.558. The molecule has 0 aromatic carbocycles. The Balaban J connectivity index is 2.30. The zero-order valence-corrected chi connectivity index (χ0v) is 11.5.